The number of nitrogens with zero attached hydrogens (tertiary/aromatic N) is 1. The van der Waals surface area contributed by atoms with E-state index in [2.05, 4.69) is 17.1 Å². The summed E-state index contributed by atoms with van der Waals surface area (Å²) in [6, 6.07) is 9.24. The van der Waals surface area contributed by atoms with Gasteiger partial charge >= 0.3 is 5.63 Å². The normalized spacial score (nSPS) is 15.2. The summed E-state index contributed by atoms with van der Waals surface area (Å²) in [7, 11) is 0. The summed E-state index contributed by atoms with van der Waals surface area (Å²) in [5, 5.41) is 2.88. The minimum atomic E-state index is -0.438. The number of rotatable bonds is 3. The number of benzene rings is 1. The van der Waals surface area contributed by atoms with E-state index in [-0.39, 0.29) is 5.91 Å². The summed E-state index contributed by atoms with van der Waals surface area (Å²) in [6.07, 6.45) is 2.44. The molecule has 1 aromatic carbocycles. The monoisotopic (exact) mass is 340 g/mol. The summed E-state index contributed by atoms with van der Waals surface area (Å²) in [4.78, 5) is 26.2. The Bertz CT molecular complexity index is 790. The summed E-state index contributed by atoms with van der Waals surface area (Å²) in [5.41, 5.74) is 2.50. The molecule has 0 aliphatic carbocycles. The standard InChI is InChI=1S/C20H24N2O3/c1-13-8-10-22(11-9-13)17-6-4-16(5-7-17)21-20(24)19-14(2)12-18(23)25-15(19)3/h4-7,12-13H,8-11H2,1-3H3,(H,21,24). The van der Waals surface area contributed by atoms with Crippen LogP contribution in [0, 0.1) is 19.8 Å². The van der Waals surface area contributed by atoms with E-state index in [1.165, 1.54) is 24.6 Å². The number of hydrogen-bond donors (Lipinski definition) is 1. The van der Waals surface area contributed by atoms with Gasteiger partial charge in [-0.05, 0) is 62.4 Å². The highest BCUT2D eigenvalue weighted by Gasteiger charge is 2.17. The SMILES string of the molecule is Cc1cc(=O)oc(C)c1C(=O)Nc1ccc(N2CCC(C)CC2)cc1. The number of amides is 1. The minimum Gasteiger partial charge on any atom is -0.427 e. The molecule has 1 saturated heterocycles. The van der Waals surface area contributed by atoms with Crippen molar-refractivity contribution in [2.75, 3.05) is 23.3 Å². The first-order valence-corrected chi connectivity index (χ1v) is 8.72. The van der Waals surface area contributed by atoms with Crippen molar-refractivity contribution in [2.45, 2.75) is 33.6 Å². The van der Waals surface area contributed by atoms with Crippen LogP contribution in [0.1, 0.15) is 41.4 Å². The molecule has 3 rings (SSSR count). The summed E-state index contributed by atoms with van der Waals surface area (Å²) in [6.45, 7) is 7.82. The first-order valence-electron chi connectivity index (χ1n) is 8.72. The van der Waals surface area contributed by atoms with Crippen LogP contribution in [0.3, 0.4) is 0 Å². The van der Waals surface area contributed by atoms with Crippen molar-refractivity contribution >= 4 is 17.3 Å². The highest BCUT2D eigenvalue weighted by atomic mass is 16.4. The van der Waals surface area contributed by atoms with Gasteiger partial charge in [-0.25, -0.2) is 4.79 Å². The fourth-order valence-electron chi connectivity index (χ4n) is 3.31. The van der Waals surface area contributed by atoms with Gasteiger partial charge in [0, 0.05) is 30.5 Å². The van der Waals surface area contributed by atoms with E-state index in [9.17, 15) is 9.59 Å². The van der Waals surface area contributed by atoms with E-state index < -0.39 is 5.63 Å². The lowest BCUT2D eigenvalue weighted by atomic mass is 9.99. The summed E-state index contributed by atoms with van der Waals surface area (Å²) in [5.74, 6) is 0.868. The molecule has 5 nitrogen and oxygen atoms in total. The maximum absolute atomic E-state index is 12.5. The van der Waals surface area contributed by atoms with Gasteiger partial charge in [-0.3, -0.25) is 4.79 Å². The Hall–Kier alpha value is -2.56. The molecule has 0 radical (unpaired) electrons. The average molecular weight is 340 g/mol. The van der Waals surface area contributed by atoms with Crippen molar-refractivity contribution in [1.82, 2.24) is 0 Å². The zero-order valence-corrected chi connectivity index (χ0v) is 15.0. The molecule has 1 N–H and O–H groups in total. The van der Waals surface area contributed by atoms with Gasteiger partial charge in [-0.1, -0.05) is 6.92 Å². The Morgan fingerprint density at radius 1 is 1.16 bits per heavy atom. The van der Waals surface area contributed by atoms with Crippen molar-refractivity contribution in [2.24, 2.45) is 5.92 Å². The molecule has 132 valence electrons. The average Bonchev–Trinajstić information content (AvgIpc) is 2.55. The van der Waals surface area contributed by atoms with E-state index in [1.807, 2.05) is 24.3 Å². The second-order valence-corrected chi connectivity index (χ2v) is 6.85. The molecule has 0 unspecified atom stereocenters. The number of hydrogen-bond acceptors (Lipinski definition) is 4. The van der Waals surface area contributed by atoms with E-state index in [1.54, 1.807) is 13.8 Å². The Labute approximate surface area is 147 Å². The molecule has 0 spiro atoms. The number of anilines is 2. The van der Waals surface area contributed by atoms with Crippen LogP contribution in [0.2, 0.25) is 0 Å². The van der Waals surface area contributed by atoms with Crippen LogP contribution >= 0.6 is 0 Å². The molecule has 1 amide bonds. The third-order valence-corrected chi connectivity index (χ3v) is 4.84. The van der Waals surface area contributed by atoms with Gasteiger partial charge in [0.25, 0.3) is 5.91 Å². The molecule has 1 fully saturated rings. The smallest absolute Gasteiger partial charge is 0.336 e. The Kier molecular flexibility index (Phi) is 4.93. The fourth-order valence-corrected chi connectivity index (χ4v) is 3.31. The molecule has 5 heteroatoms. The lowest BCUT2D eigenvalue weighted by Gasteiger charge is -2.32. The number of carbonyl (C=O) groups excluding carboxylic acids is 1. The van der Waals surface area contributed by atoms with Gasteiger partial charge in [-0.2, -0.15) is 0 Å². The summed E-state index contributed by atoms with van der Waals surface area (Å²) >= 11 is 0. The molecule has 0 bridgehead atoms. The maximum atomic E-state index is 12.5. The van der Waals surface area contributed by atoms with Gasteiger partial charge in [0.05, 0.1) is 5.56 Å². The lowest BCUT2D eigenvalue weighted by molar-refractivity contribution is 0.102. The van der Waals surface area contributed by atoms with Crippen molar-refractivity contribution in [1.29, 1.82) is 0 Å². The van der Waals surface area contributed by atoms with Gasteiger partial charge in [0.15, 0.2) is 0 Å². The Balaban J connectivity index is 1.71. The topological polar surface area (TPSA) is 62.6 Å². The number of nitrogens with one attached hydrogen (secondary N) is 1. The van der Waals surface area contributed by atoms with Crippen LogP contribution in [-0.2, 0) is 0 Å². The number of piperidine rings is 1. The van der Waals surface area contributed by atoms with Crippen LogP contribution in [0.5, 0.6) is 0 Å². The second-order valence-electron chi connectivity index (χ2n) is 6.85. The molecule has 2 aromatic rings. The van der Waals surface area contributed by atoms with Gasteiger partial charge in [0.2, 0.25) is 0 Å². The van der Waals surface area contributed by atoms with Crippen molar-refractivity contribution < 1.29 is 9.21 Å². The molecule has 0 saturated carbocycles. The molecule has 25 heavy (non-hydrogen) atoms. The lowest BCUT2D eigenvalue weighted by Crippen LogP contribution is -2.32. The largest absolute Gasteiger partial charge is 0.427 e. The van der Waals surface area contributed by atoms with Crippen molar-refractivity contribution in [3.63, 3.8) is 0 Å². The first-order chi connectivity index (χ1) is 11.9. The highest BCUT2D eigenvalue weighted by Crippen LogP contribution is 2.24. The van der Waals surface area contributed by atoms with Gasteiger partial charge < -0.3 is 14.6 Å². The predicted octanol–water partition coefficient (Wildman–Crippen LogP) is 3.75. The van der Waals surface area contributed by atoms with E-state index in [4.69, 9.17) is 4.42 Å². The first kappa shape index (κ1) is 17.3. The number of aryl methyl sites for hydroxylation is 2. The van der Waals surface area contributed by atoms with E-state index in [0.717, 1.165) is 24.7 Å². The molecule has 1 aliphatic heterocycles. The third-order valence-electron chi connectivity index (χ3n) is 4.84. The third kappa shape index (κ3) is 3.92. The van der Waals surface area contributed by atoms with Crippen LogP contribution in [0.15, 0.2) is 39.5 Å². The maximum Gasteiger partial charge on any atom is 0.336 e. The zero-order valence-electron chi connectivity index (χ0n) is 15.0. The number of carbonyl (C=O) groups is 1. The molecular weight excluding hydrogens is 316 g/mol. The second kappa shape index (κ2) is 7.13. The zero-order chi connectivity index (χ0) is 18.0. The van der Waals surface area contributed by atoms with E-state index >= 15 is 0 Å². The fraction of sp³-hybridized carbons (Fsp3) is 0.400. The molecular formula is C20H24N2O3. The van der Waals surface area contributed by atoms with Crippen LogP contribution in [-0.4, -0.2) is 19.0 Å². The predicted molar refractivity (Wildman–Crippen MR) is 99.5 cm³/mol. The molecule has 0 atom stereocenters. The van der Waals surface area contributed by atoms with Crippen molar-refractivity contribution in [3.05, 3.63) is 57.6 Å². The Morgan fingerprint density at radius 2 is 1.80 bits per heavy atom. The van der Waals surface area contributed by atoms with Crippen LogP contribution in [0.25, 0.3) is 0 Å². The van der Waals surface area contributed by atoms with Crippen molar-refractivity contribution in [3.8, 4) is 0 Å². The van der Waals surface area contributed by atoms with E-state index in [0.29, 0.717) is 16.9 Å². The van der Waals surface area contributed by atoms with Gasteiger partial charge in [0.1, 0.15) is 5.76 Å². The minimum absolute atomic E-state index is 0.265. The van der Waals surface area contributed by atoms with Crippen LogP contribution < -0.4 is 15.8 Å². The molecule has 2 heterocycles. The van der Waals surface area contributed by atoms with Gasteiger partial charge in [-0.15, -0.1) is 0 Å². The molecule has 1 aliphatic rings. The Morgan fingerprint density at radius 3 is 2.40 bits per heavy atom. The molecule has 1 aromatic heterocycles. The summed E-state index contributed by atoms with van der Waals surface area (Å²) < 4.78 is 5.03. The quantitative estimate of drug-likeness (QED) is 0.924. The highest BCUT2D eigenvalue weighted by molar-refractivity contribution is 6.05. The van der Waals surface area contributed by atoms with Crippen LogP contribution in [0.4, 0.5) is 11.4 Å².